The molecule has 0 saturated heterocycles. The number of aryl methyl sites for hydroxylation is 2. The minimum atomic E-state index is 0.000700. The summed E-state index contributed by atoms with van der Waals surface area (Å²) in [5, 5.41) is 4.17. The van der Waals surface area contributed by atoms with Gasteiger partial charge in [-0.25, -0.2) is 0 Å². The smallest absolute Gasteiger partial charge is 0.127 e. The highest BCUT2D eigenvalue weighted by Crippen LogP contribution is 2.31. The zero-order valence-electron chi connectivity index (χ0n) is 12.7. The van der Waals surface area contributed by atoms with Crippen molar-refractivity contribution in [3.05, 3.63) is 41.7 Å². The summed E-state index contributed by atoms with van der Waals surface area (Å²) in [6.07, 6.45) is 3.52. The minimum absolute atomic E-state index is 0.000700. The Morgan fingerprint density at radius 1 is 1.29 bits per heavy atom. The Labute approximate surface area is 124 Å². The van der Waals surface area contributed by atoms with Crippen molar-refractivity contribution in [2.75, 3.05) is 14.2 Å². The first-order valence-electron chi connectivity index (χ1n) is 6.84. The van der Waals surface area contributed by atoms with Crippen LogP contribution in [-0.2, 0) is 13.5 Å². The molecule has 0 bridgehead atoms. The zero-order valence-corrected chi connectivity index (χ0v) is 12.7. The Morgan fingerprint density at radius 2 is 2.10 bits per heavy atom. The maximum atomic E-state index is 5.72. The maximum Gasteiger partial charge on any atom is 0.127 e. The molecule has 3 N–H and O–H groups in total. The fourth-order valence-corrected chi connectivity index (χ4v) is 2.37. The van der Waals surface area contributed by atoms with Crippen LogP contribution in [0.3, 0.4) is 0 Å². The van der Waals surface area contributed by atoms with Crippen molar-refractivity contribution in [2.45, 2.75) is 18.9 Å². The molecule has 114 valence electrons. The van der Waals surface area contributed by atoms with Crippen molar-refractivity contribution in [1.29, 1.82) is 0 Å². The number of hydrogen-bond acceptors (Lipinski definition) is 5. The van der Waals surface area contributed by atoms with Crippen LogP contribution in [0.4, 0.5) is 0 Å². The third kappa shape index (κ3) is 3.53. The van der Waals surface area contributed by atoms with Crippen LogP contribution in [0.25, 0.3) is 0 Å². The number of methoxy groups -OCH3 is 2. The normalized spacial score (nSPS) is 12.2. The molecule has 0 aliphatic carbocycles. The van der Waals surface area contributed by atoms with Crippen molar-refractivity contribution < 1.29 is 9.47 Å². The summed E-state index contributed by atoms with van der Waals surface area (Å²) in [5.74, 6) is 7.25. The van der Waals surface area contributed by atoms with Crippen molar-refractivity contribution in [2.24, 2.45) is 12.9 Å². The molecular formula is C15H22N4O2. The SMILES string of the molecule is COc1ccc(C(CCc2ccnn2C)NN)c(OC)c1. The van der Waals surface area contributed by atoms with Gasteiger partial charge in [0.25, 0.3) is 0 Å². The van der Waals surface area contributed by atoms with Gasteiger partial charge in [0.1, 0.15) is 11.5 Å². The number of benzene rings is 1. The summed E-state index contributed by atoms with van der Waals surface area (Å²) >= 11 is 0. The molecule has 2 aromatic rings. The Morgan fingerprint density at radius 3 is 2.67 bits per heavy atom. The maximum absolute atomic E-state index is 5.72. The fourth-order valence-electron chi connectivity index (χ4n) is 2.37. The van der Waals surface area contributed by atoms with Crippen molar-refractivity contribution >= 4 is 0 Å². The van der Waals surface area contributed by atoms with E-state index >= 15 is 0 Å². The Bertz CT molecular complexity index is 583. The summed E-state index contributed by atoms with van der Waals surface area (Å²) in [5.41, 5.74) is 5.05. The van der Waals surface area contributed by atoms with Crippen LogP contribution in [-0.4, -0.2) is 24.0 Å². The lowest BCUT2D eigenvalue weighted by Gasteiger charge is -2.19. The summed E-state index contributed by atoms with van der Waals surface area (Å²) in [6, 6.07) is 7.76. The van der Waals surface area contributed by atoms with E-state index in [9.17, 15) is 0 Å². The van der Waals surface area contributed by atoms with Crippen molar-refractivity contribution in [3.63, 3.8) is 0 Å². The number of nitrogens with zero attached hydrogens (tertiary/aromatic N) is 2. The average Bonchev–Trinajstić information content (AvgIpc) is 2.93. The molecule has 0 aliphatic heterocycles. The molecule has 0 amide bonds. The first kappa shape index (κ1) is 15.3. The summed E-state index contributed by atoms with van der Waals surface area (Å²) in [6.45, 7) is 0. The summed E-state index contributed by atoms with van der Waals surface area (Å²) < 4.78 is 12.5. The van der Waals surface area contributed by atoms with Gasteiger partial charge in [0.15, 0.2) is 0 Å². The topological polar surface area (TPSA) is 74.3 Å². The standard InChI is InChI=1S/C15H22N4O2/c1-19-11(8-9-17-19)4-7-14(18-16)13-6-5-12(20-2)10-15(13)21-3/h5-6,8-10,14,18H,4,7,16H2,1-3H3. The Hall–Kier alpha value is -2.05. The fraction of sp³-hybridized carbons (Fsp3) is 0.400. The van der Waals surface area contributed by atoms with Gasteiger partial charge in [-0.2, -0.15) is 5.10 Å². The van der Waals surface area contributed by atoms with E-state index in [4.69, 9.17) is 15.3 Å². The van der Waals surface area contributed by atoms with Gasteiger partial charge >= 0.3 is 0 Å². The number of hydrogen-bond donors (Lipinski definition) is 2. The molecule has 6 nitrogen and oxygen atoms in total. The van der Waals surface area contributed by atoms with E-state index in [1.165, 1.54) is 5.69 Å². The van der Waals surface area contributed by atoms with E-state index in [1.54, 1.807) is 20.4 Å². The quantitative estimate of drug-likeness (QED) is 0.598. The van der Waals surface area contributed by atoms with Crippen LogP contribution in [0.5, 0.6) is 11.5 Å². The van der Waals surface area contributed by atoms with Crippen molar-refractivity contribution in [3.8, 4) is 11.5 Å². The lowest BCUT2D eigenvalue weighted by atomic mass is 10.0. The Kier molecular flexibility index (Phi) is 5.19. The van der Waals surface area contributed by atoms with Crippen LogP contribution >= 0.6 is 0 Å². The first-order valence-corrected chi connectivity index (χ1v) is 6.84. The molecule has 1 atom stereocenters. The molecule has 6 heteroatoms. The van der Waals surface area contributed by atoms with Gasteiger partial charge in [0.05, 0.1) is 14.2 Å². The Balaban J connectivity index is 2.15. The molecule has 1 unspecified atom stereocenters. The second-order valence-electron chi connectivity index (χ2n) is 4.81. The van der Waals surface area contributed by atoms with Gasteiger partial charge in [0.2, 0.25) is 0 Å². The van der Waals surface area contributed by atoms with E-state index in [0.29, 0.717) is 0 Å². The number of aromatic nitrogens is 2. The van der Waals surface area contributed by atoms with E-state index < -0.39 is 0 Å². The number of nitrogens with one attached hydrogen (secondary N) is 1. The number of nitrogens with two attached hydrogens (primary N) is 1. The molecule has 0 fully saturated rings. The minimum Gasteiger partial charge on any atom is -0.497 e. The highest BCUT2D eigenvalue weighted by Gasteiger charge is 2.16. The van der Waals surface area contributed by atoms with Crippen LogP contribution in [0, 0.1) is 0 Å². The highest BCUT2D eigenvalue weighted by molar-refractivity contribution is 5.42. The second-order valence-corrected chi connectivity index (χ2v) is 4.81. The summed E-state index contributed by atoms with van der Waals surface area (Å²) in [7, 11) is 5.22. The largest absolute Gasteiger partial charge is 0.497 e. The van der Waals surface area contributed by atoms with Crippen molar-refractivity contribution in [1.82, 2.24) is 15.2 Å². The van der Waals surface area contributed by atoms with Gasteiger partial charge < -0.3 is 9.47 Å². The predicted molar refractivity (Wildman–Crippen MR) is 81.1 cm³/mol. The van der Waals surface area contributed by atoms with Crippen LogP contribution < -0.4 is 20.7 Å². The highest BCUT2D eigenvalue weighted by atomic mass is 16.5. The second kappa shape index (κ2) is 7.10. The molecule has 0 radical (unpaired) electrons. The molecule has 0 spiro atoms. The number of hydrazine groups is 1. The lowest BCUT2D eigenvalue weighted by molar-refractivity contribution is 0.381. The lowest BCUT2D eigenvalue weighted by Crippen LogP contribution is -2.29. The van der Waals surface area contributed by atoms with Gasteiger partial charge in [-0.05, 0) is 25.0 Å². The number of rotatable bonds is 7. The molecule has 21 heavy (non-hydrogen) atoms. The van der Waals surface area contributed by atoms with E-state index in [2.05, 4.69) is 10.5 Å². The summed E-state index contributed by atoms with van der Waals surface area (Å²) in [4.78, 5) is 0. The van der Waals surface area contributed by atoms with E-state index in [1.807, 2.05) is 36.0 Å². The third-order valence-electron chi connectivity index (χ3n) is 3.63. The third-order valence-corrected chi connectivity index (χ3v) is 3.63. The van der Waals surface area contributed by atoms with E-state index in [-0.39, 0.29) is 6.04 Å². The van der Waals surface area contributed by atoms with Crippen LogP contribution in [0.15, 0.2) is 30.5 Å². The first-order chi connectivity index (χ1) is 10.2. The van der Waals surface area contributed by atoms with E-state index in [0.717, 1.165) is 29.9 Å². The number of ether oxygens (including phenoxy) is 2. The van der Waals surface area contributed by atoms with Gasteiger partial charge in [-0.1, -0.05) is 6.07 Å². The molecular weight excluding hydrogens is 268 g/mol. The van der Waals surface area contributed by atoms with Gasteiger partial charge in [-0.3, -0.25) is 16.0 Å². The molecule has 1 heterocycles. The van der Waals surface area contributed by atoms with Gasteiger partial charge in [-0.15, -0.1) is 0 Å². The van der Waals surface area contributed by atoms with Crippen LogP contribution in [0.1, 0.15) is 23.7 Å². The molecule has 0 saturated carbocycles. The molecule has 0 aliphatic rings. The van der Waals surface area contributed by atoms with Gasteiger partial charge in [0, 0.05) is 36.6 Å². The molecule has 1 aromatic carbocycles. The zero-order chi connectivity index (χ0) is 15.2. The monoisotopic (exact) mass is 290 g/mol. The average molecular weight is 290 g/mol. The molecule has 1 aromatic heterocycles. The molecule has 2 rings (SSSR count). The predicted octanol–water partition coefficient (Wildman–Crippen LogP) is 1.57. The van der Waals surface area contributed by atoms with Crippen LogP contribution in [0.2, 0.25) is 0 Å².